The molecule has 2 aromatic rings. The Labute approximate surface area is 115 Å². The molecule has 20 heavy (non-hydrogen) atoms. The normalized spacial score (nSPS) is 14.1. The second-order valence-corrected chi connectivity index (χ2v) is 4.91. The largest absolute Gasteiger partial charge is 0.416 e. The second-order valence-electron chi connectivity index (χ2n) is 4.91. The van der Waals surface area contributed by atoms with E-state index in [0.717, 1.165) is 22.8 Å². The van der Waals surface area contributed by atoms with Gasteiger partial charge in [-0.2, -0.15) is 13.2 Å². The molecule has 1 aliphatic rings. The SMILES string of the molecule is C/C=C(\c1ccc2c(c1)Cc1ccccc1-2)C(F)(F)F. The molecule has 1 aliphatic carbocycles. The summed E-state index contributed by atoms with van der Waals surface area (Å²) in [5, 5.41) is 0. The fraction of sp³-hybridized carbons (Fsp3) is 0.176. The Bertz CT molecular complexity index is 694. The minimum Gasteiger partial charge on any atom is -0.166 e. The lowest BCUT2D eigenvalue weighted by Gasteiger charge is -2.12. The Balaban J connectivity index is 2.07. The molecule has 0 radical (unpaired) electrons. The van der Waals surface area contributed by atoms with Crippen LogP contribution in [0.25, 0.3) is 16.7 Å². The van der Waals surface area contributed by atoms with Gasteiger partial charge in [0.15, 0.2) is 0 Å². The van der Waals surface area contributed by atoms with Crippen LogP contribution in [0.5, 0.6) is 0 Å². The van der Waals surface area contributed by atoms with Gasteiger partial charge in [-0.05, 0) is 41.2 Å². The number of hydrogen-bond acceptors (Lipinski definition) is 0. The molecular weight excluding hydrogens is 261 g/mol. The van der Waals surface area contributed by atoms with E-state index in [1.807, 2.05) is 24.3 Å². The zero-order valence-electron chi connectivity index (χ0n) is 11.0. The topological polar surface area (TPSA) is 0 Å². The smallest absolute Gasteiger partial charge is 0.166 e. The average Bonchev–Trinajstić information content (AvgIpc) is 2.75. The molecule has 0 bridgehead atoms. The van der Waals surface area contributed by atoms with Crippen molar-refractivity contribution in [2.75, 3.05) is 0 Å². The van der Waals surface area contributed by atoms with Crippen molar-refractivity contribution < 1.29 is 13.2 Å². The van der Waals surface area contributed by atoms with E-state index >= 15 is 0 Å². The summed E-state index contributed by atoms with van der Waals surface area (Å²) in [7, 11) is 0. The van der Waals surface area contributed by atoms with Gasteiger partial charge in [-0.1, -0.05) is 48.5 Å². The lowest BCUT2D eigenvalue weighted by atomic mass is 9.99. The molecule has 3 rings (SSSR count). The van der Waals surface area contributed by atoms with Crippen LogP contribution in [-0.4, -0.2) is 6.18 Å². The van der Waals surface area contributed by atoms with Crippen molar-refractivity contribution in [3.05, 3.63) is 65.2 Å². The standard InChI is InChI=1S/C17H13F3/c1-2-16(17(18,19)20)12-7-8-15-13(10-12)9-11-5-3-4-6-14(11)15/h2-8,10H,9H2,1H3/b16-2+. The second kappa shape index (κ2) is 4.51. The van der Waals surface area contributed by atoms with Gasteiger partial charge in [-0.3, -0.25) is 0 Å². The van der Waals surface area contributed by atoms with E-state index in [2.05, 4.69) is 0 Å². The van der Waals surface area contributed by atoms with Crippen LogP contribution in [0.3, 0.4) is 0 Å². The van der Waals surface area contributed by atoms with E-state index < -0.39 is 11.7 Å². The van der Waals surface area contributed by atoms with E-state index in [9.17, 15) is 13.2 Å². The highest BCUT2D eigenvalue weighted by molar-refractivity contribution is 5.80. The Morgan fingerprint density at radius 3 is 2.40 bits per heavy atom. The summed E-state index contributed by atoms with van der Waals surface area (Å²) in [5.41, 5.74) is 3.98. The molecule has 0 unspecified atom stereocenters. The average molecular weight is 274 g/mol. The van der Waals surface area contributed by atoms with Crippen molar-refractivity contribution in [2.24, 2.45) is 0 Å². The molecule has 0 aromatic heterocycles. The maximum Gasteiger partial charge on any atom is 0.416 e. The van der Waals surface area contributed by atoms with Gasteiger partial charge in [-0.15, -0.1) is 0 Å². The van der Waals surface area contributed by atoms with Crippen LogP contribution in [0.4, 0.5) is 13.2 Å². The van der Waals surface area contributed by atoms with Gasteiger partial charge in [0.1, 0.15) is 0 Å². The van der Waals surface area contributed by atoms with E-state index in [-0.39, 0.29) is 5.56 Å². The summed E-state index contributed by atoms with van der Waals surface area (Å²) in [6.45, 7) is 1.42. The Hall–Kier alpha value is -2.03. The predicted octanol–water partition coefficient (Wildman–Crippen LogP) is 5.22. The van der Waals surface area contributed by atoms with E-state index in [0.29, 0.717) is 6.42 Å². The lowest BCUT2D eigenvalue weighted by Crippen LogP contribution is -2.10. The Kier molecular flexibility index (Phi) is 2.93. The van der Waals surface area contributed by atoms with Crippen molar-refractivity contribution in [1.29, 1.82) is 0 Å². The Morgan fingerprint density at radius 2 is 1.70 bits per heavy atom. The van der Waals surface area contributed by atoms with Crippen molar-refractivity contribution in [3.63, 3.8) is 0 Å². The quantitative estimate of drug-likeness (QED) is 0.570. The fourth-order valence-electron chi connectivity index (χ4n) is 2.81. The third-order valence-electron chi connectivity index (χ3n) is 3.70. The number of benzene rings is 2. The highest BCUT2D eigenvalue weighted by Crippen LogP contribution is 2.40. The number of alkyl halides is 3. The van der Waals surface area contributed by atoms with Crippen molar-refractivity contribution in [2.45, 2.75) is 19.5 Å². The molecule has 3 heteroatoms. The van der Waals surface area contributed by atoms with E-state index in [1.165, 1.54) is 12.5 Å². The van der Waals surface area contributed by atoms with Crippen LogP contribution in [0.15, 0.2) is 48.5 Å². The first kappa shape index (κ1) is 13.0. The van der Waals surface area contributed by atoms with E-state index in [4.69, 9.17) is 0 Å². The van der Waals surface area contributed by atoms with Crippen molar-refractivity contribution in [3.8, 4) is 11.1 Å². The maximum absolute atomic E-state index is 13.0. The molecule has 0 aliphatic heterocycles. The zero-order chi connectivity index (χ0) is 14.3. The minimum atomic E-state index is -4.31. The number of rotatable bonds is 1. The molecule has 0 heterocycles. The van der Waals surface area contributed by atoms with Crippen molar-refractivity contribution >= 4 is 5.57 Å². The molecule has 0 fully saturated rings. The fourth-order valence-corrected chi connectivity index (χ4v) is 2.81. The first-order valence-corrected chi connectivity index (χ1v) is 6.46. The van der Waals surface area contributed by atoms with Crippen LogP contribution in [0, 0.1) is 0 Å². The van der Waals surface area contributed by atoms with Gasteiger partial charge in [0.25, 0.3) is 0 Å². The Morgan fingerprint density at radius 1 is 1.00 bits per heavy atom. The first-order valence-electron chi connectivity index (χ1n) is 6.46. The highest BCUT2D eigenvalue weighted by atomic mass is 19.4. The van der Waals surface area contributed by atoms with Gasteiger partial charge < -0.3 is 0 Å². The third kappa shape index (κ3) is 2.03. The van der Waals surface area contributed by atoms with Gasteiger partial charge in [-0.25, -0.2) is 0 Å². The van der Waals surface area contributed by atoms with Crippen molar-refractivity contribution in [1.82, 2.24) is 0 Å². The molecule has 102 valence electrons. The predicted molar refractivity (Wildman–Crippen MR) is 74.4 cm³/mol. The van der Waals surface area contributed by atoms with Crippen LogP contribution < -0.4 is 0 Å². The molecule has 0 N–H and O–H groups in total. The van der Waals surface area contributed by atoms with Crippen LogP contribution in [0.2, 0.25) is 0 Å². The summed E-state index contributed by atoms with van der Waals surface area (Å²) in [5.74, 6) is 0. The zero-order valence-corrected chi connectivity index (χ0v) is 11.0. The van der Waals surface area contributed by atoms with Gasteiger partial charge >= 0.3 is 6.18 Å². The molecule has 0 saturated heterocycles. The van der Waals surface area contributed by atoms with Crippen LogP contribution >= 0.6 is 0 Å². The van der Waals surface area contributed by atoms with Crippen LogP contribution in [0.1, 0.15) is 23.6 Å². The van der Waals surface area contributed by atoms with Crippen LogP contribution in [-0.2, 0) is 6.42 Å². The van der Waals surface area contributed by atoms with Gasteiger partial charge in [0.2, 0.25) is 0 Å². The number of fused-ring (bicyclic) bond motifs is 3. The molecule has 0 amide bonds. The summed E-state index contributed by atoms with van der Waals surface area (Å²) < 4.78 is 38.9. The molecule has 0 spiro atoms. The lowest BCUT2D eigenvalue weighted by molar-refractivity contribution is -0.0689. The number of allylic oxidation sites excluding steroid dienone is 2. The summed E-state index contributed by atoms with van der Waals surface area (Å²) >= 11 is 0. The maximum atomic E-state index is 13.0. The third-order valence-corrected chi connectivity index (χ3v) is 3.70. The number of hydrogen-bond donors (Lipinski definition) is 0. The van der Waals surface area contributed by atoms with Gasteiger partial charge in [0.05, 0.1) is 5.57 Å². The molecule has 2 aromatic carbocycles. The molecule has 0 saturated carbocycles. The highest BCUT2D eigenvalue weighted by Gasteiger charge is 2.34. The minimum absolute atomic E-state index is 0.242. The van der Waals surface area contributed by atoms with Gasteiger partial charge in [0, 0.05) is 0 Å². The monoisotopic (exact) mass is 274 g/mol. The summed E-state index contributed by atoms with van der Waals surface area (Å²) in [6.07, 6.45) is -2.48. The summed E-state index contributed by atoms with van der Waals surface area (Å²) in [6, 6.07) is 13.0. The van der Waals surface area contributed by atoms with E-state index in [1.54, 1.807) is 18.2 Å². The molecule has 0 atom stereocenters. The molecular formula is C17H13F3. The first-order chi connectivity index (χ1) is 9.50. The summed E-state index contributed by atoms with van der Waals surface area (Å²) in [4.78, 5) is 0. The number of halogens is 3. The molecule has 0 nitrogen and oxygen atoms in total.